The van der Waals surface area contributed by atoms with Gasteiger partial charge in [-0.1, -0.05) is 29.8 Å². The Kier molecular flexibility index (Phi) is 3.42. The van der Waals surface area contributed by atoms with Crippen LogP contribution in [0.1, 0.15) is 36.0 Å². The highest BCUT2D eigenvalue weighted by Crippen LogP contribution is 2.40. The van der Waals surface area contributed by atoms with Crippen LogP contribution in [0, 0.1) is 13.8 Å². The van der Waals surface area contributed by atoms with Crippen LogP contribution >= 0.6 is 11.6 Å². The lowest BCUT2D eigenvalue weighted by molar-refractivity contribution is 0.927. The van der Waals surface area contributed by atoms with Gasteiger partial charge in [0.2, 0.25) is 0 Å². The molecule has 0 radical (unpaired) electrons. The minimum absolute atomic E-state index is 0.492. The summed E-state index contributed by atoms with van der Waals surface area (Å²) in [5, 5.41) is 0.691. The molecule has 1 aromatic carbocycles. The first-order valence-corrected chi connectivity index (χ1v) is 8.16. The molecular formula is C18H17ClN4. The van der Waals surface area contributed by atoms with E-state index in [-0.39, 0.29) is 0 Å². The summed E-state index contributed by atoms with van der Waals surface area (Å²) in [5.74, 6) is 2.17. The first-order valence-electron chi connectivity index (χ1n) is 7.79. The van der Waals surface area contributed by atoms with Gasteiger partial charge in [0.05, 0.1) is 5.69 Å². The predicted octanol–water partition coefficient (Wildman–Crippen LogP) is 4.68. The quantitative estimate of drug-likeness (QED) is 0.761. The van der Waals surface area contributed by atoms with E-state index in [2.05, 4.69) is 15.0 Å². The molecule has 1 N–H and O–H groups in total. The van der Waals surface area contributed by atoms with E-state index in [1.807, 2.05) is 44.3 Å². The van der Waals surface area contributed by atoms with Gasteiger partial charge in [-0.15, -0.1) is 0 Å². The fraction of sp³-hybridized carbons (Fsp3) is 0.278. The zero-order valence-electron chi connectivity index (χ0n) is 13.1. The number of nitrogens with one attached hydrogen (secondary N) is 1. The molecule has 0 spiro atoms. The highest BCUT2D eigenvalue weighted by Gasteiger charge is 2.28. The van der Waals surface area contributed by atoms with Crippen molar-refractivity contribution in [2.45, 2.75) is 32.6 Å². The van der Waals surface area contributed by atoms with Crippen molar-refractivity contribution in [2.24, 2.45) is 0 Å². The fourth-order valence-corrected chi connectivity index (χ4v) is 2.89. The minimum Gasteiger partial charge on any atom is -0.341 e. The number of imidazole rings is 1. The number of nitrogens with zero attached hydrogens (tertiary/aromatic N) is 3. The average Bonchev–Trinajstić information content (AvgIpc) is 3.34. The predicted molar refractivity (Wildman–Crippen MR) is 91.5 cm³/mol. The molecule has 0 amide bonds. The molecule has 116 valence electrons. The van der Waals surface area contributed by atoms with Gasteiger partial charge in [0, 0.05) is 34.0 Å². The van der Waals surface area contributed by atoms with E-state index in [1.54, 1.807) is 0 Å². The standard InChI is InChI=1S/C18H17ClN4/c1-10-11(2)22-18(21-10)16-14(13-5-3-4-6-15(13)19)9-20-17(23-16)12-7-8-12/h3-6,9,12H,7-8H2,1-2H3,(H,21,22). The molecule has 1 saturated carbocycles. The number of aromatic nitrogens is 4. The number of rotatable bonds is 3. The van der Waals surface area contributed by atoms with Crippen molar-refractivity contribution in [3.63, 3.8) is 0 Å². The SMILES string of the molecule is Cc1nc(-c2nc(C3CC3)ncc2-c2ccccc2Cl)[nH]c1C. The van der Waals surface area contributed by atoms with Crippen LogP contribution in [-0.4, -0.2) is 19.9 Å². The summed E-state index contributed by atoms with van der Waals surface area (Å²) in [5.41, 5.74) is 4.70. The molecule has 5 heteroatoms. The Balaban J connectivity index is 1.93. The van der Waals surface area contributed by atoms with Gasteiger partial charge in [0.1, 0.15) is 11.5 Å². The first kappa shape index (κ1) is 14.4. The van der Waals surface area contributed by atoms with Gasteiger partial charge in [-0.3, -0.25) is 0 Å². The maximum Gasteiger partial charge on any atom is 0.157 e. The highest BCUT2D eigenvalue weighted by molar-refractivity contribution is 6.33. The number of aromatic amines is 1. The average molecular weight is 325 g/mol. The van der Waals surface area contributed by atoms with Crippen molar-refractivity contribution >= 4 is 11.6 Å². The van der Waals surface area contributed by atoms with Crippen LogP contribution in [-0.2, 0) is 0 Å². The molecule has 4 nitrogen and oxygen atoms in total. The van der Waals surface area contributed by atoms with Gasteiger partial charge in [-0.05, 0) is 32.8 Å². The Morgan fingerprint density at radius 1 is 1.09 bits per heavy atom. The van der Waals surface area contributed by atoms with Crippen molar-refractivity contribution < 1.29 is 0 Å². The Bertz CT molecular complexity index is 861. The molecule has 0 unspecified atom stereocenters. The second-order valence-corrected chi connectivity index (χ2v) is 6.45. The van der Waals surface area contributed by atoms with E-state index < -0.39 is 0 Å². The summed E-state index contributed by atoms with van der Waals surface area (Å²) in [6, 6.07) is 7.77. The highest BCUT2D eigenvalue weighted by atomic mass is 35.5. The van der Waals surface area contributed by atoms with Gasteiger partial charge in [0.25, 0.3) is 0 Å². The number of hydrogen-bond donors (Lipinski definition) is 1. The lowest BCUT2D eigenvalue weighted by Crippen LogP contribution is -1.99. The summed E-state index contributed by atoms with van der Waals surface area (Å²) in [4.78, 5) is 17.3. The Morgan fingerprint density at radius 3 is 2.52 bits per heavy atom. The second kappa shape index (κ2) is 5.46. The third-order valence-electron chi connectivity index (χ3n) is 4.27. The van der Waals surface area contributed by atoms with Crippen LogP contribution in [0.4, 0.5) is 0 Å². The molecule has 0 atom stereocenters. The fourth-order valence-electron chi connectivity index (χ4n) is 2.65. The van der Waals surface area contributed by atoms with Gasteiger partial charge in [-0.2, -0.15) is 0 Å². The largest absolute Gasteiger partial charge is 0.341 e. The summed E-state index contributed by atoms with van der Waals surface area (Å²) < 4.78 is 0. The normalized spacial score (nSPS) is 14.2. The molecule has 23 heavy (non-hydrogen) atoms. The van der Waals surface area contributed by atoms with E-state index in [4.69, 9.17) is 16.6 Å². The second-order valence-electron chi connectivity index (χ2n) is 6.04. The third kappa shape index (κ3) is 2.63. The number of H-pyrrole nitrogens is 1. The number of hydrogen-bond acceptors (Lipinski definition) is 3. The molecule has 1 aliphatic rings. The minimum atomic E-state index is 0.492. The monoisotopic (exact) mass is 324 g/mol. The molecule has 1 fully saturated rings. The summed E-state index contributed by atoms with van der Waals surface area (Å²) >= 11 is 6.38. The molecule has 0 aliphatic heterocycles. The van der Waals surface area contributed by atoms with Crippen molar-refractivity contribution in [2.75, 3.05) is 0 Å². The first-order chi connectivity index (χ1) is 11.1. The van der Waals surface area contributed by atoms with E-state index in [9.17, 15) is 0 Å². The molecule has 1 aliphatic carbocycles. The van der Waals surface area contributed by atoms with Gasteiger partial charge < -0.3 is 4.98 Å². The van der Waals surface area contributed by atoms with Gasteiger partial charge in [0.15, 0.2) is 5.82 Å². The van der Waals surface area contributed by atoms with Crippen LogP contribution in [0.25, 0.3) is 22.6 Å². The van der Waals surface area contributed by atoms with Crippen LogP contribution in [0.2, 0.25) is 5.02 Å². The molecule has 0 saturated heterocycles. The molecule has 2 heterocycles. The Hall–Kier alpha value is -2.20. The van der Waals surface area contributed by atoms with Crippen molar-refractivity contribution in [1.29, 1.82) is 0 Å². The molecular weight excluding hydrogens is 308 g/mol. The van der Waals surface area contributed by atoms with Gasteiger partial charge >= 0.3 is 0 Å². The van der Waals surface area contributed by atoms with Crippen molar-refractivity contribution in [3.8, 4) is 22.6 Å². The van der Waals surface area contributed by atoms with E-state index in [0.717, 1.165) is 39.9 Å². The molecule has 0 bridgehead atoms. The maximum atomic E-state index is 6.38. The van der Waals surface area contributed by atoms with Crippen molar-refractivity contribution in [1.82, 2.24) is 19.9 Å². The van der Waals surface area contributed by atoms with Crippen LogP contribution in [0.3, 0.4) is 0 Å². The van der Waals surface area contributed by atoms with Crippen molar-refractivity contribution in [3.05, 3.63) is 52.7 Å². The lowest BCUT2D eigenvalue weighted by Gasteiger charge is -2.10. The van der Waals surface area contributed by atoms with E-state index in [1.165, 1.54) is 12.8 Å². The zero-order chi connectivity index (χ0) is 16.0. The molecule has 3 aromatic rings. The molecule has 4 rings (SSSR count). The Morgan fingerprint density at radius 2 is 1.87 bits per heavy atom. The van der Waals surface area contributed by atoms with Crippen LogP contribution < -0.4 is 0 Å². The Labute approximate surface area is 140 Å². The number of aryl methyl sites for hydroxylation is 2. The number of benzene rings is 1. The van der Waals surface area contributed by atoms with E-state index >= 15 is 0 Å². The summed E-state index contributed by atoms with van der Waals surface area (Å²) in [6.45, 7) is 4.01. The third-order valence-corrected chi connectivity index (χ3v) is 4.60. The summed E-state index contributed by atoms with van der Waals surface area (Å²) in [6.07, 6.45) is 4.21. The topological polar surface area (TPSA) is 54.5 Å². The van der Waals surface area contributed by atoms with Crippen LogP contribution in [0.15, 0.2) is 30.5 Å². The lowest BCUT2D eigenvalue weighted by atomic mass is 10.0. The number of halogens is 1. The maximum absolute atomic E-state index is 6.38. The zero-order valence-corrected chi connectivity index (χ0v) is 13.9. The van der Waals surface area contributed by atoms with Crippen LogP contribution in [0.5, 0.6) is 0 Å². The van der Waals surface area contributed by atoms with Gasteiger partial charge in [-0.25, -0.2) is 15.0 Å². The molecule has 2 aromatic heterocycles. The smallest absolute Gasteiger partial charge is 0.157 e. The summed E-state index contributed by atoms with van der Waals surface area (Å²) in [7, 11) is 0. The van der Waals surface area contributed by atoms with E-state index in [0.29, 0.717) is 10.9 Å².